The largest absolute Gasteiger partial charge is 0.385 e. The summed E-state index contributed by atoms with van der Waals surface area (Å²) in [5.41, 5.74) is 0.965. The Kier molecular flexibility index (Phi) is 10.3. The van der Waals surface area contributed by atoms with Crippen LogP contribution in [0.2, 0.25) is 0 Å². The van der Waals surface area contributed by atoms with E-state index < -0.39 is 0 Å². The Morgan fingerprint density at radius 2 is 1.84 bits per heavy atom. The van der Waals surface area contributed by atoms with E-state index in [1.807, 2.05) is 5.38 Å². The number of rotatable bonds is 12. The summed E-state index contributed by atoms with van der Waals surface area (Å²) in [6.45, 7) is 3.53. The fraction of sp³-hybridized carbons (Fsp3) is 0.769. The van der Waals surface area contributed by atoms with Crippen LogP contribution < -0.4 is 0 Å². The van der Waals surface area contributed by atoms with Crippen molar-refractivity contribution in [2.45, 2.75) is 25.1 Å². The molecule has 0 radical (unpaired) electrons. The van der Waals surface area contributed by atoms with Gasteiger partial charge in [0.15, 0.2) is 0 Å². The third-order valence-corrected chi connectivity index (χ3v) is 3.66. The molecule has 0 spiro atoms. The number of alkyl halides is 1. The fourth-order valence-corrected chi connectivity index (χ4v) is 2.55. The maximum absolute atomic E-state index is 5.70. The van der Waals surface area contributed by atoms with E-state index in [2.05, 4.69) is 4.98 Å². The summed E-state index contributed by atoms with van der Waals surface area (Å²) in [5, 5.41) is 3.15. The summed E-state index contributed by atoms with van der Waals surface area (Å²) in [6, 6.07) is 0. The molecule has 0 bridgehead atoms. The van der Waals surface area contributed by atoms with Crippen LogP contribution >= 0.6 is 22.9 Å². The minimum atomic E-state index is 0.493. The van der Waals surface area contributed by atoms with Crippen LogP contribution in [-0.2, 0) is 26.5 Å². The highest BCUT2D eigenvalue weighted by atomic mass is 35.5. The van der Waals surface area contributed by atoms with Gasteiger partial charge in [0.25, 0.3) is 0 Å². The molecule has 1 aromatic heterocycles. The van der Waals surface area contributed by atoms with Gasteiger partial charge in [-0.05, 0) is 12.8 Å². The summed E-state index contributed by atoms with van der Waals surface area (Å²) in [4.78, 5) is 4.40. The van der Waals surface area contributed by atoms with Crippen LogP contribution in [0, 0.1) is 0 Å². The summed E-state index contributed by atoms with van der Waals surface area (Å²) >= 11 is 7.37. The Morgan fingerprint density at radius 3 is 2.47 bits per heavy atom. The highest BCUT2D eigenvalue weighted by molar-refractivity contribution is 7.09. The van der Waals surface area contributed by atoms with Crippen LogP contribution in [0.3, 0.4) is 0 Å². The Bertz CT molecular complexity index is 323. The second-order valence-electron chi connectivity index (χ2n) is 4.04. The SMILES string of the molecule is COCCCOCCOCCCc1nc(CCl)cs1. The molecule has 0 aromatic carbocycles. The van der Waals surface area contributed by atoms with Crippen molar-refractivity contribution in [1.29, 1.82) is 0 Å². The van der Waals surface area contributed by atoms with Gasteiger partial charge in [-0.1, -0.05) is 0 Å². The summed E-state index contributed by atoms with van der Waals surface area (Å²) in [5.74, 6) is 0.493. The molecular weight excluding hydrogens is 286 g/mol. The van der Waals surface area contributed by atoms with Crippen molar-refractivity contribution in [1.82, 2.24) is 4.98 Å². The second kappa shape index (κ2) is 11.6. The van der Waals surface area contributed by atoms with E-state index in [0.29, 0.717) is 19.1 Å². The third kappa shape index (κ3) is 8.55. The van der Waals surface area contributed by atoms with E-state index in [1.165, 1.54) is 0 Å². The number of halogens is 1. The molecule has 0 fully saturated rings. The number of nitrogens with zero attached hydrogens (tertiary/aromatic N) is 1. The average Bonchev–Trinajstić information content (AvgIpc) is 2.89. The Labute approximate surface area is 124 Å². The highest BCUT2D eigenvalue weighted by Crippen LogP contribution is 2.13. The first-order valence-electron chi connectivity index (χ1n) is 6.50. The lowest BCUT2D eigenvalue weighted by atomic mass is 10.3. The van der Waals surface area contributed by atoms with Crippen molar-refractivity contribution in [2.24, 2.45) is 0 Å². The van der Waals surface area contributed by atoms with Gasteiger partial charge in [-0.2, -0.15) is 0 Å². The van der Waals surface area contributed by atoms with Crippen molar-refractivity contribution < 1.29 is 14.2 Å². The van der Waals surface area contributed by atoms with Crippen molar-refractivity contribution in [3.05, 3.63) is 16.1 Å². The van der Waals surface area contributed by atoms with E-state index >= 15 is 0 Å². The quantitative estimate of drug-likeness (QED) is 0.440. The first-order chi connectivity index (χ1) is 9.36. The van der Waals surface area contributed by atoms with Crippen LogP contribution in [0.5, 0.6) is 0 Å². The van der Waals surface area contributed by atoms with Crippen LogP contribution in [0.25, 0.3) is 0 Å². The Hall–Kier alpha value is -0.200. The van der Waals surface area contributed by atoms with Gasteiger partial charge >= 0.3 is 0 Å². The van der Waals surface area contributed by atoms with E-state index in [-0.39, 0.29) is 0 Å². The van der Waals surface area contributed by atoms with Crippen LogP contribution in [0.4, 0.5) is 0 Å². The third-order valence-electron chi connectivity index (χ3n) is 2.42. The number of hydrogen-bond donors (Lipinski definition) is 0. The number of thiazole rings is 1. The number of ether oxygens (including phenoxy) is 3. The van der Waals surface area contributed by atoms with Gasteiger partial charge in [0.2, 0.25) is 0 Å². The molecule has 0 aliphatic carbocycles. The van der Waals surface area contributed by atoms with E-state index in [1.54, 1.807) is 18.4 Å². The molecule has 1 heterocycles. The molecule has 0 saturated carbocycles. The van der Waals surface area contributed by atoms with Crippen LogP contribution in [-0.4, -0.2) is 45.1 Å². The van der Waals surface area contributed by atoms with Crippen molar-refractivity contribution in [3.8, 4) is 0 Å². The van der Waals surface area contributed by atoms with E-state index in [0.717, 1.165) is 49.8 Å². The maximum atomic E-state index is 5.70. The van der Waals surface area contributed by atoms with E-state index in [9.17, 15) is 0 Å². The molecule has 4 nitrogen and oxygen atoms in total. The van der Waals surface area contributed by atoms with Gasteiger partial charge in [0, 0.05) is 38.7 Å². The summed E-state index contributed by atoms with van der Waals surface area (Å²) < 4.78 is 15.8. The lowest BCUT2D eigenvalue weighted by Crippen LogP contribution is -2.07. The molecule has 110 valence electrons. The molecule has 0 N–H and O–H groups in total. The minimum absolute atomic E-state index is 0.493. The zero-order valence-electron chi connectivity index (χ0n) is 11.4. The smallest absolute Gasteiger partial charge is 0.0929 e. The molecule has 0 unspecified atom stereocenters. The first-order valence-corrected chi connectivity index (χ1v) is 7.92. The van der Waals surface area contributed by atoms with Gasteiger partial charge in [0.05, 0.1) is 29.8 Å². The Balaban J connectivity index is 1.86. The van der Waals surface area contributed by atoms with Gasteiger partial charge in [-0.15, -0.1) is 22.9 Å². The minimum Gasteiger partial charge on any atom is -0.385 e. The van der Waals surface area contributed by atoms with Crippen LogP contribution in [0.15, 0.2) is 5.38 Å². The maximum Gasteiger partial charge on any atom is 0.0929 e. The number of methoxy groups -OCH3 is 1. The number of hydrogen-bond acceptors (Lipinski definition) is 5. The highest BCUT2D eigenvalue weighted by Gasteiger charge is 2.00. The van der Waals surface area contributed by atoms with Gasteiger partial charge in [-0.25, -0.2) is 4.98 Å². The zero-order valence-corrected chi connectivity index (χ0v) is 13.0. The lowest BCUT2D eigenvalue weighted by molar-refractivity contribution is 0.0392. The Morgan fingerprint density at radius 1 is 1.11 bits per heavy atom. The molecule has 19 heavy (non-hydrogen) atoms. The second-order valence-corrected chi connectivity index (χ2v) is 5.25. The molecule has 1 rings (SSSR count). The lowest BCUT2D eigenvalue weighted by Gasteiger charge is -2.05. The summed E-state index contributed by atoms with van der Waals surface area (Å²) in [7, 11) is 1.70. The summed E-state index contributed by atoms with van der Waals surface area (Å²) in [6.07, 6.45) is 2.87. The molecule has 0 aliphatic rings. The molecule has 0 saturated heterocycles. The van der Waals surface area contributed by atoms with Gasteiger partial charge < -0.3 is 14.2 Å². The topological polar surface area (TPSA) is 40.6 Å². The monoisotopic (exact) mass is 307 g/mol. The standard InChI is InChI=1S/C13H22ClNO3S/c1-16-5-3-7-18-9-8-17-6-2-4-13-15-12(10-14)11-19-13/h11H,2-10H2,1H3. The predicted molar refractivity (Wildman–Crippen MR) is 78.1 cm³/mol. The van der Waals surface area contributed by atoms with Crippen molar-refractivity contribution in [2.75, 3.05) is 40.1 Å². The predicted octanol–water partition coefficient (Wildman–Crippen LogP) is 2.88. The van der Waals surface area contributed by atoms with Gasteiger partial charge in [-0.3, -0.25) is 0 Å². The molecule has 1 aromatic rings. The van der Waals surface area contributed by atoms with E-state index in [4.69, 9.17) is 25.8 Å². The van der Waals surface area contributed by atoms with Crippen molar-refractivity contribution in [3.63, 3.8) is 0 Å². The number of aromatic nitrogens is 1. The fourth-order valence-electron chi connectivity index (χ4n) is 1.48. The van der Waals surface area contributed by atoms with Crippen molar-refractivity contribution >= 4 is 22.9 Å². The normalized spacial score (nSPS) is 11.1. The van der Waals surface area contributed by atoms with Gasteiger partial charge in [0.1, 0.15) is 0 Å². The molecule has 0 aliphatic heterocycles. The molecule has 0 atom stereocenters. The molecular formula is C13H22ClNO3S. The first kappa shape index (κ1) is 16.9. The molecule has 6 heteroatoms. The molecule has 0 amide bonds. The zero-order chi connectivity index (χ0) is 13.8. The average molecular weight is 308 g/mol. The van der Waals surface area contributed by atoms with Crippen LogP contribution in [0.1, 0.15) is 23.5 Å². The number of aryl methyl sites for hydroxylation is 1.